The SMILES string of the molecule is C#C.CCC(=Nc1ccccc1)Oc1cccc(OC)c1.COc1cccc(O)c1. The molecule has 0 heterocycles. The second-order valence-corrected chi connectivity index (χ2v) is 5.68. The molecule has 5 heteroatoms. The minimum Gasteiger partial charge on any atom is -0.508 e. The molecule has 0 aromatic heterocycles. The highest BCUT2D eigenvalue weighted by atomic mass is 16.5. The number of nitrogens with zero attached hydrogens (tertiary/aromatic N) is 1. The first-order valence-electron chi connectivity index (χ1n) is 9.25. The van der Waals surface area contributed by atoms with E-state index in [1.807, 2.05) is 61.5 Å². The summed E-state index contributed by atoms with van der Waals surface area (Å²) in [6.07, 6.45) is 8.73. The van der Waals surface area contributed by atoms with Gasteiger partial charge in [-0.05, 0) is 36.4 Å². The lowest BCUT2D eigenvalue weighted by molar-refractivity contribution is 0.407. The molecule has 3 aromatic carbocycles. The van der Waals surface area contributed by atoms with Crippen LogP contribution in [0.3, 0.4) is 0 Å². The molecular formula is C25H27NO4. The van der Waals surface area contributed by atoms with Crippen LogP contribution >= 0.6 is 0 Å². The van der Waals surface area contributed by atoms with Crippen molar-refractivity contribution < 1.29 is 19.3 Å². The number of aromatic hydroxyl groups is 1. The lowest BCUT2D eigenvalue weighted by atomic mass is 10.3. The first kappa shape index (κ1) is 24.1. The van der Waals surface area contributed by atoms with Crippen LogP contribution in [-0.2, 0) is 0 Å². The number of ether oxygens (including phenoxy) is 3. The highest BCUT2D eigenvalue weighted by Gasteiger charge is 2.02. The number of hydrogen-bond acceptors (Lipinski definition) is 5. The number of phenolic OH excluding ortho intramolecular Hbond substituents is 1. The predicted molar refractivity (Wildman–Crippen MR) is 122 cm³/mol. The maximum Gasteiger partial charge on any atom is 0.194 e. The largest absolute Gasteiger partial charge is 0.508 e. The van der Waals surface area contributed by atoms with E-state index in [1.54, 1.807) is 38.5 Å². The van der Waals surface area contributed by atoms with E-state index >= 15 is 0 Å². The summed E-state index contributed by atoms with van der Waals surface area (Å²) in [4.78, 5) is 4.48. The average molecular weight is 405 g/mol. The summed E-state index contributed by atoms with van der Waals surface area (Å²) in [5.41, 5.74) is 0.891. The van der Waals surface area contributed by atoms with Gasteiger partial charge in [0, 0.05) is 18.6 Å². The maximum atomic E-state index is 8.86. The molecule has 0 aliphatic heterocycles. The van der Waals surface area contributed by atoms with E-state index in [2.05, 4.69) is 17.8 Å². The third-order valence-corrected chi connectivity index (χ3v) is 3.64. The summed E-state index contributed by atoms with van der Waals surface area (Å²) in [7, 11) is 3.20. The van der Waals surface area contributed by atoms with Gasteiger partial charge in [-0.1, -0.05) is 37.3 Å². The van der Waals surface area contributed by atoms with E-state index in [-0.39, 0.29) is 5.75 Å². The molecule has 0 amide bonds. The Morgan fingerprint density at radius 3 is 1.90 bits per heavy atom. The van der Waals surface area contributed by atoms with Crippen LogP contribution in [0.1, 0.15) is 13.3 Å². The summed E-state index contributed by atoms with van der Waals surface area (Å²) in [6.45, 7) is 2.02. The maximum absolute atomic E-state index is 8.86. The third-order valence-electron chi connectivity index (χ3n) is 3.64. The molecule has 0 radical (unpaired) electrons. The molecule has 0 aliphatic rings. The number of terminal acetylenes is 1. The van der Waals surface area contributed by atoms with Crippen molar-refractivity contribution in [1.82, 2.24) is 0 Å². The van der Waals surface area contributed by atoms with Crippen LogP contribution in [0.15, 0.2) is 83.9 Å². The Balaban J connectivity index is 0.000000342. The molecule has 0 atom stereocenters. The molecule has 0 aliphatic carbocycles. The van der Waals surface area contributed by atoms with Gasteiger partial charge in [0.1, 0.15) is 23.0 Å². The van der Waals surface area contributed by atoms with Crippen molar-refractivity contribution in [2.45, 2.75) is 13.3 Å². The molecule has 0 saturated heterocycles. The predicted octanol–water partition coefficient (Wildman–Crippen LogP) is 5.86. The van der Waals surface area contributed by atoms with Crippen LogP contribution in [0.4, 0.5) is 5.69 Å². The molecule has 0 saturated carbocycles. The van der Waals surface area contributed by atoms with Crippen molar-refractivity contribution in [3.8, 4) is 35.8 Å². The van der Waals surface area contributed by atoms with Gasteiger partial charge in [-0.2, -0.15) is 0 Å². The highest BCUT2D eigenvalue weighted by molar-refractivity contribution is 5.81. The minimum atomic E-state index is 0.231. The highest BCUT2D eigenvalue weighted by Crippen LogP contribution is 2.20. The van der Waals surface area contributed by atoms with Gasteiger partial charge in [-0.15, -0.1) is 12.8 Å². The van der Waals surface area contributed by atoms with E-state index in [9.17, 15) is 0 Å². The minimum absolute atomic E-state index is 0.231. The van der Waals surface area contributed by atoms with Crippen molar-refractivity contribution in [3.05, 3.63) is 78.9 Å². The van der Waals surface area contributed by atoms with E-state index in [4.69, 9.17) is 19.3 Å². The van der Waals surface area contributed by atoms with Crippen LogP contribution in [-0.4, -0.2) is 25.2 Å². The molecule has 0 spiro atoms. The molecule has 30 heavy (non-hydrogen) atoms. The van der Waals surface area contributed by atoms with Crippen LogP contribution in [0.5, 0.6) is 23.0 Å². The molecular weight excluding hydrogens is 378 g/mol. The standard InChI is InChI=1S/C16H17NO2.C7H8O2.C2H2/c1-3-16(17-13-8-5-4-6-9-13)19-15-11-7-10-14(12-15)18-2;1-9-7-4-2-3-6(8)5-7;1-2/h4-12H,3H2,1-2H3;2-5,8H,1H3;1-2H. The van der Waals surface area contributed by atoms with Gasteiger partial charge < -0.3 is 19.3 Å². The van der Waals surface area contributed by atoms with Gasteiger partial charge in [0.2, 0.25) is 0 Å². The van der Waals surface area contributed by atoms with Crippen LogP contribution in [0.25, 0.3) is 0 Å². The Bertz CT molecular complexity index is 920. The Labute approximate surface area is 178 Å². The topological polar surface area (TPSA) is 60.3 Å². The quantitative estimate of drug-likeness (QED) is 0.328. The molecule has 3 rings (SSSR count). The fourth-order valence-electron chi connectivity index (χ4n) is 2.23. The van der Waals surface area contributed by atoms with Crippen LogP contribution < -0.4 is 14.2 Å². The van der Waals surface area contributed by atoms with Crippen LogP contribution in [0, 0.1) is 12.8 Å². The number of para-hydroxylation sites is 1. The Kier molecular flexibility index (Phi) is 11.4. The van der Waals surface area contributed by atoms with Crippen molar-refractivity contribution >= 4 is 11.6 Å². The van der Waals surface area contributed by atoms with Gasteiger partial charge in [0.05, 0.1) is 19.9 Å². The van der Waals surface area contributed by atoms with Crippen molar-refractivity contribution in [1.29, 1.82) is 0 Å². The molecule has 0 bridgehead atoms. The second-order valence-electron chi connectivity index (χ2n) is 5.68. The summed E-state index contributed by atoms with van der Waals surface area (Å²) >= 11 is 0. The number of phenols is 1. The zero-order valence-corrected chi connectivity index (χ0v) is 17.5. The Hall–Kier alpha value is -3.91. The summed E-state index contributed by atoms with van der Waals surface area (Å²) in [6, 6.07) is 23.9. The fourth-order valence-corrected chi connectivity index (χ4v) is 2.23. The normalized spacial score (nSPS) is 9.83. The number of benzene rings is 3. The van der Waals surface area contributed by atoms with Gasteiger partial charge in [0.25, 0.3) is 0 Å². The van der Waals surface area contributed by atoms with E-state index < -0.39 is 0 Å². The molecule has 0 fully saturated rings. The van der Waals surface area contributed by atoms with Gasteiger partial charge in [-0.3, -0.25) is 0 Å². The molecule has 5 nitrogen and oxygen atoms in total. The van der Waals surface area contributed by atoms with Crippen molar-refractivity contribution in [3.63, 3.8) is 0 Å². The Morgan fingerprint density at radius 1 is 0.800 bits per heavy atom. The third kappa shape index (κ3) is 8.85. The van der Waals surface area contributed by atoms with Crippen LogP contribution in [0.2, 0.25) is 0 Å². The van der Waals surface area contributed by atoms with Gasteiger partial charge in [0.15, 0.2) is 5.90 Å². The zero-order valence-electron chi connectivity index (χ0n) is 17.5. The van der Waals surface area contributed by atoms with E-state index in [0.29, 0.717) is 11.6 Å². The molecule has 3 aromatic rings. The Morgan fingerprint density at radius 2 is 1.37 bits per heavy atom. The lowest BCUT2D eigenvalue weighted by Crippen LogP contribution is -2.06. The average Bonchev–Trinajstić information content (AvgIpc) is 2.81. The fraction of sp³-hybridized carbons (Fsp3) is 0.160. The summed E-state index contributed by atoms with van der Waals surface area (Å²) < 4.78 is 15.8. The van der Waals surface area contributed by atoms with E-state index in [1.165, 1.54) is 0 Å². The number of rotatable bonds is 5. The molecule has 1 N–H and O–H groups in total. The first-order valence-corrected chi connectivity index (χ1v) is 9.25. The number of hydrogen-bond donors (Lipinski definition) is 1. The van der Waals surface area contributed by atoms with E-state index in [0.717, 1.165) is 23.6 Å². The molecule has 0 unspecified atom stereocenters. The van der Waals surface area contributed by atoms with Gasteiger partial charge in [-0.25, -0.2) is 4.99 Å². The number of methoxy groups -OCH3 is 2. The first-order chi connectivity index (χ1) is 14.6. The number of aliphatic imine (C=N–C) groups is 1. The summed E-state index contributed by atoms with van der Waals surface area (Å²) in [5.74, 6) is 3.09. The van der Waals surface area contributed by atoms with Crippen molar-refractivity contribution in [2.75, 3.05) is 14.2 Å². The van der Waals surface area contributed by atoms with Gasteiger partial charge >= 0.3 is 0 Å². The second kappa shape index (κ2) is 14.1. The lowest BCUT2D eigenvalue weighted by Gasteiger charge is -2.08. The van der Waals surface area contributed by atoms with Crippen molar-refractivity contribution in [2.24, 2.45) is 4.99 Å². The monoisotopic (exact) mass is 405 g/mol. The smallest absolute Gasteiger partial charge is 0.194 e. The summed E-state index contributed by atoms with van der Waals surface area (Å²) in [5, 5.41) is 8.86. The molecule has 156 valence electrons. The zero-order chi connectivity index (χ0) is 22.2.